The van der Waals surface area contributed by atoms with Crippen LogP contribution in [0.2, 0.25) is 0 Å². The summed E-state index contributed by atoms with van der Waals surface area (Å²) in [6.07, 6.45) is 0.615. The van der Waals surface area contributed by atoms with Gasteiger partial charge in [0.05, 0.1) is 24.4 Å². The lowest BCUT2D eigenvalue weighted by Crippen LogP contribution is -2.46. The average molecular weight is 272 g/mol. The number of hydrogen-bond acceptors (Lipinski definition) is 4. The Morgan fingerprint density at radius 2 is 1.85 bits per heavy atom. The first-order chi connectivity index (χ1) is 9.38. The quantitative estimate of drug-likeness (QED) is 0.774. The van der Waals surface area contributed by atoms with Gasteiger partial charge < -0.3 is 4.74 Å². The number of anilines is 1. The third-order valence-corrected chi connectivity index (χ3v) is 3.31. The van der Waals surface area contributed by atoms with E-state index in [0.717, 1.165) is 4.90 Å². The van der Waals surface area contributed by atoms with E-state index in [0.29, 0.717) is 29.8 Å². The van der Waals surface area contributed by atoms with Crippen LogP contribution in [0, 0.1) is 16.7 Å². The van der Waals surface area contributed by atoms with Gasteiger partial charge in [-0.15, -0.1) is 0 Å². The van der Waals surface area contributed by atoms with Crippen LogP contribution in [-0.2, 0) is 9.59 Å². The highest BCUT2D eigenvalue weighted by Gasteiger charge is 2.39. The van der Waals surface area contributed by atoms with E-state index in [1.165, 1.54) is 13.2 Å². The van der Waals surface area contributed by atoms with Crippen LogP contribution < -0.4 is 9.64 Å². The Balaban J connectivity index is 2.44. The average Bonchev–Trinajstić information content (AvgIpc) is 2.36. The Kier molecular flexibility index (Phi) is 3.49. The van der Waals surface area contributed by atoms with Crippen molar-refractivity contribution < 1.29 is 14.3 Å². The van der Waals surface area contributed by atoms with Crippen molar-refractivity contribution in [2.45, 2.75) is 26.7 Å². The fraction of sp³-hybridized carbons (Fsp3) is 0.400. The van der Waals surface area contributed by atoms with Crippen LogP contribution in [0.3, 0.4) is 0 Å². The molecule has 0 spiro atoms. The summed E-state index contributed by atoms with van der Waals surface area (Å²) < 4.78 is 5.19. The number of ether oxygens (including phenoxy) is 1. The maximum absolute atomic E-state index is 12.2. The lowest BCUT2D eigenvalue weighted by molar-refractivity contribution is -0.132. The molecular weight excluding hydrogens is 256 g/mol. The van der Waals surface area contributed by atoms with Crippen LogP contribution in [0.25, 0.3) is 0 Å². The van der Waals surface area contributed by atoms with Gasteiger partial charge in [0.1, 0.15) is 5.75 Å². The highest BCUT2D eigenvalue weighted by atomic mass is 16.5. The Morgan fingerprint density at radius 3 is 2.35 bits per heavy atom. The molecule has 5 nitrogen and oxygen atoms in total. The standard InChI is InChI=1S/C15H16N2O3/c1-15(2)7-13(18)17(14(19)8-15)11-5-4-10(9-16)6-12(11)20-3/h4-6H,7-8H2,1-3H3. The van der Waals surface area contributed by atoms with Crippen LogP contribution in [0.5, 0.6) is 5.75 Å². The number of benzene rings is 1. The SMILES string of the molecule is COc1cc(C#N)ccc1N1C(=O)CC(C)(C)CC1=O. The van der Waals surface area contributed by atoms with Gasteiger partial charge in [0.15, 0.2) is 0 Å². The Hall–Kier alpha value is -2.35. The minimum absolute atomic E-state index is 0.241. The van der Waals surface area contributed by atoms with Crippen LogP contribution in [-0.4, -0.2) is 18.9 Å². The fourth-order valence-corrected chi connectivity index (χ4v) is 2.38. The van der Waals surface area contributed by atoms with E-state index in [2.05, 4.69) is 0 Å². The minimum atomic E-state index is -0.315. The lowest BCUT2D eigenvalue weighted by Gasteiger charge is -2.35. The van der Waals surface area contributed by atoms with Crippen LogP contribution in [0.15, 0.2) is 18.2 Å². The highest BCUT2D eigenvalue weighted by molar-refractivity contribution is 6.17. The maximum atomic E-state index is 12.2. The van der Waals surface area contributed by atoms with Crippen molar-refractivity contribution in [1.29, 1.82) is 5.26 Å². The molecule has 5 heteroatoms. The number of nitrogens with zero attached hydrogens (tertiary/aromatic N) is 2. The fourth-order valence-electron chi connectivity index (χ4n) is 2.38. The molecule has 1 aromatic carbocycles. The lowest BCUT2D eigenvalue weighted by atomic mass is 9.81. The van der Waals surface area contributed by atoms with Crippen molar-refractivity contribution in [2.24, 2.45) is 5.41 Å². The zero-order chi connectivity index (χ0) is 14.9. The number of carbonyl (C=O) groups is 2. The summed E-state index contributed by atoms with van der Waals surface area (Å²) in [4.78, 5) is 25.6. The molecule has 0 aliphatic carbocycles. The number of methoxy groups -OCH3 is 1. The number of hydrogen-bond donors (Lipinski definition) is 0. The molecule has 1 aliphatic heterocycles. The summed E-state index contributed by atoms with van der Waals surface area (Å²) in [5, 5.41) is 8.88. The maximum Gasteiger partial charge on any atom is 0.234 e. The highest BCUT2D eigenvalue weighted by Crippen LogP contribution is 2.37. The molecule has 1 saturated heterocycles. The first-order valence-corrected chi connectivity index (χ1v) is 6.32. The minimum Gasteiger partial charge on any atom is -0.495 e. The predicted molar refractivity (Wildman–Crippen MR) is 73.2 cm³/mol. The van der Waals surface area contributed by atoms with Gasteiger partial charge in [-0.25, -0.2) is 4.90 Å². The molecule has 1 fully saturated rings. The van der Waals surface area contributed by atoms with Gasteiger partial charge in [-0.2, -0.15) is 5.26 Å². The Labute approximate surface area is 117 Å². The number of nitriles is 1. The zero-order valence-corrected chi connectivity index (χ0v) is 11.8. The van der Waals surface area contributed by atoms with Crippen molar-refractivity contribution in [3.63, 3.8) is 0 Å². The molecule has 1 heterocycles. The summed E-state index contributed by atoms with van der Waals surface area (Å²) in [6.45, 7) is 3.80. The van der Waals surface area contributed by atoms with Crippen molar-refractivity contribution >= 4 is 17.5 Å². The second kappa shape index (κ2) is 4.97. The van der Waals surface area contributed by atoms with Crippen molar-refractivity contribution in [1.82, 2.24) is 0 Å². The van der Waals surface area contributed by atoms with Crippen LogP contribution >= 0.6 is 0 Å². The zero-order valence-electron chi connectivity index (χ0n) is 11.8. The first-order valence-electron chi connectivity index (χ1n) is 6.32. The Morgan fingerprint density at radius 1 is 1.25 bits per heavy atom. The smallest absolute Gasteiger partial charge is 0.234 e. The van der Waals surface area contributed by atoms with Gasteiger partial charge in [-0.3, -0.25) is 9.59 Å². The molecule has 0 atom stereocenters. The summed E-state index contributed by atoms with van der Waals surface area (Å²) in [5.74, 6) is -0.131. The summed E-state index contributed by atoms with van der Waals surface area (Å²) in [6, 6.07) is 6.66. The molecule has 0 unspecified atom stereocenters. The van der Waals surface area contributed by atoms with E-state index in [1.54, 1.807) is 12.1 Å². The van der Waals surface area contributed by atoms with Gasteiger partial charge in [0.2, 0.25) is 11.8 Å². The molecule has 0 aromatic heterocycles. The number of amides is 2. The number of imide groups is 1. The van der Waals surface area contributed by atoms with Crippen molar-refractivity contribution in [3.8, 4) is 11.8 Å². The molecule has 104 valence electrons. The molecule has 2 rings (SSSR count). The molecular formula is C15H16N2O3. The van der Waals surface area contributed by atoms with Crippen LogP contribution in [0.1, 0.15) is 32.3 Å². The third kappa shape index (κ3) is 2.50. The second-order valence-electron chi connectivity index (χ2n) is 5.64. The molecule has 1 aromatic rings. The summed E-state index contributed by atoms with van der Waals surface area (Å²) >= 11 is 0. The molecule has 20 heavy (non-hydrogen) atoms. The van der Waals surface area contributed by atoms with E-state index in [9.17, 15) is 9.59 Å². The number of carbonyl (C=O) groups excluding carboxylic acids is 2. The summed E-state index contributed by atoms with van der Waals surface area (Å²) in [7, 11) is 1.45. The molecule has 2 amide bonds. The second-order valence-corrected chi connectivity index (χ2v) is 5.64. The van der Waals surface area contributed by atoms with Crippen molar-refractivity contribution in [2.75, 3.05) is 12.0 Å². The van der Waals surface area contributed by atoms with E-state index in [1.807, 2.05) is 19.9 Å². The topological polar surface area (TPSA) is 70.4 Å². The number of rotatable bonds is 2. The van der Waals surface area contributed by atoms with E-state index in [4.69, 9.17) is 10.00 Å². The van der Waals surface area contributed by atoms with E-state index in [-0.39, 0.29) is 17.2 Å². The van der Waals surface area contributed by atoms with Gasteiger partial charge in [-0.1, -0.05) is 13.8 Å². The van der Waals surface area contributed by atoms with Gasteiger partial charge >= 0.3 is 0 Å². The molecule has 0 bridgehead atoms. The van der Waals surface area contributed by atoms with E-state index >= 15 is 0 Å². The van der Waals surface area contributed by atoms with Gasteiger partial charge in [-0.05, 0) is 17.5 Å². The summed E-state index contributed by atoms with van der Waals surface area (Å²) in [5.41, 5.74) is 0.504. The Bertz CT molecular complexity index is 594. The van der Waals surface area contributed by atoms with Crippen molar-refractivity contribution in [3.05, 3.63) is 23.8 Å². The first kappa shape index (κ1) is 14.1. The largest absolute Gasteiger partial charge is 0.495 e. The van der Waals surface area contributed by atoms with Gasteiger partial charge in [0, 0.05) is 18.9 Å². The predicted octanol–water partition coefficient (Wildman–Crippen LogP) is 2.25. The normalized spacial score (nSPS) is 17.8. The molecule has 1 aliphatic rings. The molecule has 0 N–H and O–H groups in total. The third-order valence-electron chi connectivity index (χ3n) is 3.31. The molecule has 0 radical (unpaired) electrons. The van der Waals surface area contributed by atoms with Gasteiger partial charge in [0.25, 0.3) is 0 Å². The molecule has 0 saturated carbocycles. The van der Waals surface area contributed by atoms with E-state index < -0.39 is 0 Å². The van der Waals surface area contributed by atoms with Crippen LogP contribution in [0.4, 0.5) is 5.69 Å². The monoisotopic (exact) mass is 272 g/mol. The number of piperidine rings is 1.